The van der Waals surface area contributed by atoms with Crippen molar-refractivity contribution in [3.05, 3.63) is 57.3 Å². The lowest BCUT2D eigenvalue weighted by molar-refractivity contribution is -0.118. The van der Waals surface area contributed by atoms with Crippen LogP contribution in [0.2, 0.25) is 25.7 Å². The number of ether oxygens (including phenoxy) is 1. The fourth-order valence-electron chi connectivity index (χ4n) is 4.55. The zero-order chi connectivity index (χ0) is 21.1. The molecule has 7 heteroatoms. The summed E-state index contributed by atoms with van der Waals surface area (Å²) >= 11 is 2.29. The number of rotatable bonds is 6. The zero-order valence-corrected chi connectivity index (χ0v) is 20.7. The molecule has 30 heavy (non-hydrogen) atoms. The van der Waals surface area contributed by atoms with E-state index in [9.17, 15) is 4.79 Å². The van der Waals surface area contributed by atoms with Gasteiger partial charge in [-0.05, 0) is 64.4 Å². The smallest absolute Gasteiger partial charge is 0.235 e. The number of benzene rings is 2. The quantitative estimate of drug-likeness (QED) is 0.266. The highest BCUT2D eigenvalue weighted by Crippen LogP contribution is 2.65. The van der Waals surface area contributed by atoms with Gasteiger partial charge in [0.2, 0.25) is 5.91 Å². The van der Waals surface area contributed by atoms with E-state index in [-0.39, 0.29) is 11.8 Å². The standard InChI is InChI=1S/C23H26IN3O2Si/c1-30(2,3)11-10-29-14-27-20-12-15(8-9-16(20)21(24)26-27)18-13-23(18)17-6-4-5-7-19(17)25-22(23)28/h4-9,12,18H,10-11,13-14H2,1-3H3,(H,25,28). The minimum atomic E-state index is -1.11. The second-order valence-corrected chi connectivity index (χ2v) is 16.3. The van der Waals surface area contributed by atoms with Crippen LogP contribution in [0.3, 0.4) is 0 Å². The third kappa shape index (κ3) is 3.31. The largest absolute Gasteiger partial charge is 0.360 e. The molecule has 2 atom stereocenters. The van der Waals surface area contributed by atoms with Crippen LogP contribution in [0.1, 0.15) is 23.5 Å². The number of hydrogen-bond donors (Lipinski definition) is 1. The summed E-state index contributed by atoms with van der Waals surface area (Å²) in [5.74, 6) is 0.339. The first-order chi connectivity index (χ1) is 14.3. The minimum absolute atomic E-state index is 0.131. The predicted molar refractivity (Wildman–Crippen MR) is 131 cm³/mol. The number of carbonyl (C=O) groups excluding carboxylic acids is 1. The number of fused-ring (bicyclic) bond motifs is 3. The van der Waals surface area contributed by atoms with Gasteiger partial charge in [0.1, 0.15) is 10.4 Å². The molecule has 2 unspecified atom stereocenters. The molecule has 1 amide bonds. The summed E-state index contributed by atoms with van der Waals surface area (Å²) in [6, 6.07) is 15.7. The van der Waals surface area contributed by atoms with Crippen LogP contribution in [-0.4, -0.2) is 30.4 Å². The molecule has 2 aromatic carbocycles. The van der Waals surface area contributed by atoms with E-state index < -0.39 is 13.5 Å². The molecule has 5 nitrogen and oxygen atoms in total. The van der Waals surface area contributed by atoms with Gasteiger partial charge in [0.15, 0.2) is 0 Å². The molecule has 1 aliphatic carbocycles. The Bertz CT molecular complexity index is 1150. The monoisotopic (exact) mass is 531 g/mol. The maximum Gasteiger partial charge on any atom is 0.235 e. The normalized spacial score (nSPS) is 22.5. The molecule has 1 aromatic heterocycles. The van der Waals surface area contributed by atoms with Crippen LogP contribution in [0.25, 0.3) is 10.9 Å². The first kappa shape index (κ1) is 20.2. The van der Waals surface area contributed by atoms with E-state index >= 15 is 0 Å². The van der Waals surface area contributed by atoms with E-state index in [0.717, 1.165) is 44.9 Å². The van der Waals surface area contributed by atoms with Gasteiger partial charge in [0.05, 0.1) is 10.9 Å². The van der Waals surface area contributed by atoms with Crippen LogP contribution in [0, 0.1) is 3.70 Å². The average Bonchev–Trinajstić information content (AvgIpc) is 3.29. The molecule has 156 valence electrons. The van der Waals surface area contributed by atoms with Gasteiger partial charge in [-0.1, -0.05) is 43.9 Å². The fraction of sp³-hybridized carbons (Fsp3) is 0.391. The summed E-state index contributed by atoms with van der Waals surface area (Å²) in [6.45, 7) is 8.32. The average molecular weight is 531 g/mol. The Morgan fingerprint density at radius 2 is 2.07 bits per heavy atom. The summed E-state index contributed by atoms with van der Waals surface area (Å²) in [7, 11) is -1.11. The van der Waals surface area contributed by atoms with Gasteiger partial charge in [0.25, 0.3) is 0 Å². The van der Waals surface area contributed by atoms with Gasteiger partial charge in [0, 0.05) is 31.7 Å². The Morgan fingerprint density at radius 3 is 2.87 bits per heavy atom. The summed E-state index contributed by atoms with van der Waals surface area (Å²) in [4.78, 5) is 12.8. The van der Waals surface area contributed by atoms with Gasteiger partial charge < -0.3 is 10.1 Å². The van der Waals surface area contributed by atoms with Crippen molar-refractivity contribution < 1.29 is 9.53 Å². The molecule has 1 aliphatic heterocycles. The lowest BCUT2D eigenvalue weighted by atomic mass is 9.92. The zero-order valence-electron chi connectivity index (χ0n) is 17.5. The predicted octanol–water partition coefficient (Wildman–Crippen LogP) is 5.33. The van der Waals surface area contributed by atoms with Crippen molar-refractivity contribution in [3.63, 3.8) is 0 Å². The summed E-state index contributed by atoms with van der Waals surface area (Å²) in [5, 5.41) is 8.91. The molecule has 2 aliphatic rings. The highest BCUT2D eigenvalue weighted by atomic mass is 127. The molecule has 1 fully saturated rings. The number of nitrogens with zero attached hydrogens (tertiary/aromatic N) is 2. The second kappa shape index (κ2) is 7.17. The maximum absolute atomic E-state index is 12.8. The molecule has 3 aromatic rings. The molecule has 5 rings (SSSR count). The van der Waals surface area contributed by atoms with E-state index in [4.69, 9.17) is 9.84 Å². The summed E-state index contributed by atoms with van der Waals surface area (Å²) < 4.78 is 8.90. The molecule has 2 heterocycles. The minimum Gasteiger partial charge on any atom is -0.360 e. The van der Waals surface area contributed by atoms with Crippen molar-refractivity contribution in [3.8, 4) is 0 Å². The van der Waals surface area contributed by atoms with Crippen LogP contribution in [0.5, 0.6) is 0 Å². The Labute approximate surface area is 191 Å². The van der Waals surface area contributed by atoms with Crippen LogP contribution < -0.4 is 5.32 Å². The van der Waals surface area contributed by atoms with Gasteiger partial charge >= 0.3 is 0 Å². The Hall–Kier alpha value is -1.71. The van der Waals surface area contributed by atoms with Crippen LogP contribution in [0.15, 0.2) is 42.5 Å². The molecular weight excluding hydrogens is 505 g/mol. The van der Waals surface area contributed by atoms with Crippen molar-refractivity contribution in [2.24, 2.45) is 0 Å². The molecule has 1 N–H and O–H groups in total. The van der Waals surface area contributed by atoms with E-state index in [1.54, 1.807) is 0 Å². The van der Waals surface area contributed by atoms with Gasteiger partial charge in [-0.15, -0.1) is 0 Å². The lowest BCUT2D eigenvalue weighted by Crippen LogP contribution is -2.22. The number of para-hydroxylation sites is 1. The molecule has 0 bridgehead atoms. The van der Waals surface area contributed by atoms with E-state index in [0.29, 0.717) is 6.73 Å². The van der Waals surface area contributed by atoms with E-state index in [1.807, 2.05) is 22.9 Å². The Kier molecular flexibility index (Phi) is 4.83. The van der Waals surface area contributed by atoms with Crippen molar-refractivity contribution in [2.75, 3.05) is 11.9 Å². The van der Waals surface area contributed by atoms with E-state index in [2.05, 4.69) is 71.8 Å². The van der Waals surface area contributed by atoms with Crippen LogP contribution >= 0.6 is 22.6 Å². The summed E-state index contributed by atoms with van der Waals surface area (Å²) in [5.41, 5.74) is 3.97. The van der Waals surface area contributed by atoms with Crippen LogP contribution in [0.4, 0.5) is 5.69 Å². The Morgan fingerprint density at radius 1 is 1.27 bits per heavy atom. The van der Waals surface area contributed by atoms with Crippen molar-refractivity contribution >= 4 is 53.2 Å². The highest BCUT2D eigenvalue weighted by molar-refractivity contribution is 14.1. The topological polar surface area (TPSA) is 56.2 Å². The number of halogens is 1. The van der Waals surface area contributed by atoms with Gasteiger partial charge in [-0.3, -0.25) is 4.79 Å². The molecular formula is C23H26IN3O2Si. The first-order valence-corrected chi connectivity index (χ1v) is 15.2. The Balaban J connectivity index is 1.42. The second-order valence-electron chi connectivity index (χ2n) is 9.64. The lowest BCUT2D eigenvalue weighted by Gasteiger charge is -2.15. The molecule has 1 spiro atoms. The molecule has 1 saturated carbocycles. The number of amides is 1. The number of hydrogen-bond acceptors (Lipinski definition) is 3. The maximum atomic E-state index is 12.8. The van der Waals surface area contributed by atoms with Crippen molar-refractivity contribution in [1.82, 2.24) is 9.78 Å². The number of nitrogens with one attached hydrogen (secondary N) is 1. The van der Waals surface area contributed by atoms with E-state index in [1.165, 1.54) is 5.56 Å². The summed E-state index contributed by atoms with van der Waals surface area (Å²) in [6.07, 6.45) is 0.860. The third-order valence-corrected chi connectivity index (χ3v) is 8.87. The number of carbonyl (C=O) groups is 1. The van der Waals surface area contributed by atoms with Gasteiger partial charge in [-0.25, -0.2) is 4.68 Å². The SMILES string of the molecule is C[Si](C)(C)CCOCn1nc(I)c2ccc(C3CC34C(=O)Nc3ccccc34)cc21. The van der Waals surface area contributed by atoms with Crippen molar-refractivity contribution in [1.29, 1.82) is 0 Å². The number of aromatic nitrogens is 2. The fourth-order valence-corrected chi connectivity index (χ4v) is 6.02. The molecule has 0 saturated heterocycles. The van der Waals surface area contributed by atoms with Crippen LogP contribution in [-0.2, 0) is 21.7 Å². The molecule has 0 radical (unpaired) electrons. The number of anilines is 1. The highest BCUT2D eigenvalue weighted by Gasteiger charge is 2.65. The first-order valence-electron chi connectivity index (χ1n) is 10.4. The third-order valence-electron chi connectivity index (χ3n) is 6.36. The van der Waals surface area contributed by atoms with Gasteiger partial charge in [-0.2, -0.15) is 5.10 Å². The van der Waals surface area contributed by atoms with Crippen molar-refractivity contribution in [2.45, 2.75) is 50.2 Å².